The first kappa shape index (κ1) is 37.3. The standard InChI is InChI=1S/C22H31O8P.2Na/c1-3-5-7-9-10-11-13-15-17-22(24)30-20(19-29-31(25,26)27)18-28-21(23)16-14-12-8-6-4-2;;/h20H,3,5,7,9-11,13,15,17-19H2,1-2H3,(H2,25,26,27);;/q;2*+1/p-2/t20-;;/m1../s1. The Kier molecular flexibility index (Phi) is 28.1. The van der Waals surface area contributed by atoms with Gasteiger partial charge in [-0.25, -0.2) is 4.79 Å². The van der Waals surface area contributed by atoms with E-state index in [2.05, 4.69) is 47.0 Å². The van der Waals surface area contributed by atoms with E-state index in [1.807, 2.05) is 0 Å². The fraction of sp³-hybridized carbons (Fsp3) is 0.636. The second-order valence-electron chi connectivity index (χ2n) is 6.55. The Morgan fingerprint density at radius 1 is 0.879 bits per heavy atom. The quantitative estimate of drug-likeness (QED) is 0.0557. The van der Waals surface area contributed by atoms with Crippen LogP contribution in [0.1, 0.15) is 71.6 Å². The van der Waals surface area contributed by atoms with E-state index in [1.54, 1.807) is 6.92 Å². The van der Waals surface area contributed by atoms with Crippen LogP contribution >= 0.6 is 7.82 Å². The molecule has 0 aromatic heterocycles. The van der Waals surface area contributed by atoms with Gasteiger partial charge in [0.1, 0.15) is 6.61 Å². The van der Waals surface area contributed by atoms with Gasteiger partial charge >= 0.3 is 71.1 Å². The van der Waals surface area contributed by atoms with Gasteiger partial charge in [-0.15, -0.1) is 0 Å². The van der Waals surface area contributed by atoms with Crippen molar-refractivity contribution < 1.29 is 97.1 Å². The molecule has 0 heterocycles. The summed E-state index contributed by atoms with van der Waals surface area (Å²) in [5, 5.41) is 0. The van der Waals surface area contributed by atoms with Gasteiger partial charge in [-0.2, -0.15) is 0 Å². The molecule has 0 saturated heterocycles. The largest absolute Gasteiger partial charge is 1.00 e. The van der Waals surface area contributed by atoms with E-state index in [1.165, 1.54) is 25.7 Å². The summed E-state index contributed by atoms with van der Waals surface area (Å²) in [7, 11) is -5.27. The minimum absolute atomic E-state index is 0. The number of carbonyl (C=O) groups excluding carboxylic acids is 2. The first-order valence-corrected chi connectivity index (χ1v) is 11.7. The van der Waals surface area contributed by atoms with Gasteiger partial charge < -0.3 is 28.3 Å². The van der Waals surface area contributed by atoms with E-state index >= 15 is 0 Å². The fourth-order valence-corrected chi connectivity index (χ4v) is 2.70. The Balaban J connectivity index is -0.00000450. The molecule has 172 valence electrons. The summed E-state index contributed by atoms with van der Waals surface area (Å²) in [6.45, 7) is 2.49. The smallest absolute Gasteiger partial charge is 0.790 e. The van der Waals surface area contributed by atoms with Crippen molar-refractivity contribution in [3.8, 4) is 35.5 Å². The van der Waals surface area contributed by atoms with Crippen LogP contribution in [0.2, 0.25) is 0 Å². The molecule has 1 atom stereocenters. The number of hydrogen-bond donors (Lipinski definition) is 0. The summed E-state index contributed by atoms with van der Waals surface area (Å²) >= 11 is 0. The molecule has 0 aliphatic heterocycles. The van der Waals surface area contributed by atoms with E-state index < -0.39 is 39.1 Å². The van der Waals surface area contributed by atoms with Crippen molar-refractivity contribution in [2.45, 2.75) is 77.7 Å². The molecule has 8 nitrogen and oxygen atoms in total. The Bertz CT molecular complexity index is 777. The number of phosphoric ester groups is 1. The van der Waals surface area contributed by atoms with Crippen LogP contribution in [0.15, 0.2) is 0 Å². The minimum Gasteiger partial charge on any atom is -0.790 e. The Hall–Kier alpha value is -0.270. The van der Waals surface area contributed by atoms with Crippen molar-refractivity contribution >= 4 is 19.8 Å². The monoisotopic (exact) mass is 498 g/mol. The zero-order valence-corrected chi connectivity index (χ0v) is 25.0. The third-order valence-corrected chi connectivity index (χ3v) is 4.29. The number of ether oxygens (including phenoxy) is 2. The van der Waals surface area contributed by atoms with Crippen molar-refractivity contribution in [2.24, 2.45) is 0 Å². The molecule has 0 N–H and O–H groups in total. The third kappa shape index (κ3) is 27.9. The van der Waals surface area contributed by atoms with Crippen LogP contribution in [-0.4, -0.2) is 31.3 Å². The Labute approximate surface area is 241 Å². The van der Waals surface area contributed by atoms with Gasteiger partial charge in [0.25, 0.3) is 0 Å². The molecule has 0 unspecified atom stereocenters. The van der Waals surface area contributed by atoms with Crippen LogP contribution in [0.3, 0.4) is 0 Å². The zero-order chi connectivity index (χ0) is 23.4. The van der Waals surface area contributed by atoms with Crippen molar-refractivity contribution in [3.63, 3.8) is 0 Å². The molecule has 0 amide bonds. The maximum Gasteiger partial charge on any atom is 1.00 e. The van der Waals surface area contributed by atoms with Gasteiger partial charge in [-0.1, -0.05) is 57.8 Å². The normalized spacial score (nSPS) is 10.3. The molecular weight excluding hydrogens is 469 g/mol. The summed E-state index contributed by atoms with van der Waals surface area (Å²) in [4.78, 5) is 44.9. The number of esters is 2. The van der Waals surface area contributed by atoms with Crippen molar-refractivity contribution in [3.05, 3.63) is 0 Å². The van der Waals surface area contributed by atoms with Gasteiger partial charge in [0.05, 0.1) is 14.4 Å². The third-order valence-electron chi connectivity index (χ3n) is 3.83. The molecule has 0 bridgehead atoms. The van der Waals surface area contributed by atoms with Gasteiger partial charge in [-0.3, -0.25) is 4.79 Å². The fourth-order valence-electron chi connectivity index (χ4n) is 2.35. The summed E-state index contributed by atoms with van der Waals surface area (Å²) in [6, 6.07) is 0. The predicted octanol–water partition coefficient (Wildman–Crippen LogP) is -4.14. The topological polar surface area (TPSA) is 125 Å². The predicted molar refractivity (Wildman–Crippen MR) is 111 cm³/mol. The number of rotatable bonds is 15. The van der Waals surface area contributed by atoms with Gasteiger partial charge in [-0.05, 0) is 37.0 Å². The van der Waals surface area contributed by atoms with E-state index in [-0.39, 0.29) is 65.5 Å². The van der Waals surface area contributed by atoms with E-state index in [4.69, 9.17) is 9.47 Å². The van der Waals surface area contributed by atoms with Crippen molar-refractivity contribution in [2.75, 3.05) is 13.2 Å². The van der Waals surface area contributed by atoms with Crippen LogP contribution in [0.4, 0.5) is 0 Å². The molecule has 0 aromatic carbocycles. The maximum atomic E-state index is 12.0. The first-order chi connectivity index (χ1) is 14.8. The summed E-state index contributed by atoms with van der Waals surface area (Å²) in [5.41, 5.74) is 0. The summed E-state index contributed by atoms with van der Waals surface area (Å²) in [6.07, 6.45) is 7.29. The number of carbonyl (C=O) groups is 2. The minimum atomic E-state index is -5.27. The Morgan fingerprint density at radius 2 is 1.45 bits per heavy atom. The number of hydrogen-bond acceptors (Lipinski definition) is 8. The summed E-state index contributed by atoms with van der Waals surface area (Å²) < 4.78 is 24.7. The molecule has 0 spiro atoms. The van der Waals surface area contributed by atoms with Crippen molar-refractivity contribution in [1.29, 1.82) is 0 Å². The zero-order valence-electron chi connectivity index (χ0n) is 20.1. The van der Waals surface area contributed by atoms with Gasteiger partial charge in [0, 0.05) is 12.3 Å². The molecule has 0 radical (unpaired) electrons. The SMILES string of the molecule is CC#CC#CC#CC(=O)OC[C@H](COP(=O)([O-])[O-])OC(=O)CCCCCCCCCC.[Na+].[Na+]. The van der Waals surface area contributed by atoms with Crippen LogP contribution in [0.5, 0.6) is 0 Å². The van der Waals surface area contributed by atoms with E-state index in [9.17, 15) is 23.9 Å². The average molecular weight is 498 g/mol. The van der Waals surface area contributed by atoms with E-state index in [0.29, 0.717) is 6.42 Å². The second kappa shape index (κ2) is 24.8. The molecule has 0 saturated carbocycles. The maximum absolute atomic E-state index is 12.0. The summed E-state index contributed by atoms with van der Waals surface area (Å²) in [5.74, 6) is 12.4. The average Bonchev–Trinajstić information content (AvgIpc) is 2.71. The van der Waals surface area contributed by atoms with Crippen molar-refractivity contribution in [1.82, 2.24) is 0 Å². The van der Waals surface area contributed by atoms with Crippen LogP contribution in [0.25, 0.3) is 0 Å². The molecule has 0 aliphatic carbocycles. The number of phosphoric acid groups is 1. The molecule has 0 aromatic rings. The molecule has 11 heteroatoms. The molecule has 0 rings (SSSR count). The molecule has 33 heavy (non-hydrogen) atoms. The van der Waals surface area contributed by atoms with E-state index in [0.717, 1.165) is 19.3 Å². The van der Waals surface area contributed by atoms with Gasteiger partial charge in [0.15, 0.2) is 6.10 Å². The second-order valence-corrected chi connectivity index (χ2v) is 7.71. The van der Waals surface area contributed by atoms with Crippen LogP contribution in [0, 0.1) is 35.5 Å². The molecular formula is C22H29Na2O8P. The number of unbranched alkanes of at least 4 members (excludes halogenated alkanes) is 7. The van der Waals surface area contributed by atoms with Crippen LogP contribution in [-0.2, 0) is 28.2 Å². The Morgan fingerprint density at radius 3 is 2.03 bits per heavy atom. The molecule has 0 fully saturated rings. The first-order valence-electron chi connectivity index (χ1n) is 10.2. The molecule has 0 aliphatic rings. The van der Waals surface area contributed by atoms with Gasteiger partial charge in [0.2, 0.25) is 0 Å². The van der Waals surface area contributed by atoms with Crippen LogP contribution < -0.4 is 68.9 Å².